The van der Waals surface area contributed by atoms with Crippen LogP contribution in [0.1, 0.15) is 12.8 Å². The summed E-state index contributed by atoms with van der Waals surface area (Å²) in [6.07, 6.45) is 2.54. The predicted molar refractivity (Wildman–Crippen MR) is 45.4 cm³/mol. The highest BCUT2D eigenvalue weighted by Gasteiger charge is 2.45. The lowest BCUT2D eigenvalue weighted by Gasteiger charge is -2.51. The molecule has 4 rings (SSSR count). The Kier molecular flexibility index (Phi) is 1.28. The van der Waals surface area contributed by atoms with E-state index in [4.69, 9.17) is 5.21 Å². The van der Waals surface area contributed by atoms with Crippen molar-refractivity contribution in [2.24, 2.45) is 22.9 Å². The summed E-state index contributed by atoms with van der Waals surface area (Å²) in [6, 6.07) is 0. The molecule has 0 spiro atoms. The van der Waals surface area contributed by atoms with Gasteiger partial charge in [-0.3, -0.25) is 0 Å². The van der Waals surface area contributed by atoms with Crippen LogP contribution >= 0.6 is 0 Å². The van der Waals surface area contributed by atoms with Gasteiger partial charge in [0, 0.05) is 31.5 Å². The van der Waals surface area contributed by atoms with Crippen molar-refractivity contribution in [3.8, 4) is 0 Å². The Bertz CT molecular complexity index is 207. The molecule has 1 N–H and O–H groups in total. The number of hydrogen-bond acceptors (Lipinski definition) is 3. The van der Waals surface area contributed by atoms with E-state index in [0.717, 1.165) is 24.7 Å². The van der Waals surface area contributed by atoms with Crippen LogP contribution in [0.15, 0.2) is 5.16 Å². The van der Waals surface area contributed by atoms with Gasteiger partial charge in [-0.05, 0) is 18.8 Å². The molecule has 3 saturated heterocycles. The summed E-state index contributed by atoms with van der Waals surface area (Å²) < 4.78 is 0. The molecule has 3 aliphatic heterocycles. The fourth-order valence-corrected chi connectivity index (χ4v) is 3.34. The van der Waals surface area contributed by atoms with Crippen LogP contribution in [0, 0.1) is 17.8 Å². The fourth-order valence-electron chi connectivity index (χ4n) is 3.34. The average molecular weight is 166 g/mol. The van der Waals surface area contributed by atoms with E-state index in [9.17, 15) is 0 Å². The molecule has 3 heterocycles. The first kappa shape index (κ1) is 6.89. The smallest absolute Gasteiger partial charge is 0.0658 e. The molecular formula is C9H14N2O. The number of hydrogen-bond donors (Lipinski definition) is 1. The van der Waals surface area contributed by atoms with Gasteiger partial charge in [-0.15, -0.1) is 0 Å². The van der Waals surface area contributed by atoms with Crippen molar-refractivity contribution in [2.45, 2.75) is 12.8 Å². The Morgan fingerprint density at radius 3 is 2.33 bits per heavy atom. The second-order valence-corrected chi connectivity index (χ2v) is 4.47. The van der Waals surface area contributed by atoms with Gasteiger partial charge in [-0.1, -0.05) is 5.16 Å². The highest BCUT2D eigenvalue weighted by molar-refractivity contribution is 5.90. The SMILES string of the molecule is ON=C1C2CC3CC1CN(C3)C2. The van der Waals surface area contributed by atoms with E-state index in [-0.39, 0.29) is 0 Å². The minimum Gasteiger partial charge on any atom is -0.411 e. The van der Waals surface area contributed by atoms with Crippen molar-refractivity contribution in [1.29, 1.82) is 0 Å². The summed E-state index contributed by atoms with van der Waals surface area (Å²) in [6.45, 7) is 3.59. The van der Waals surface area contributed by atoms with Crippen molar-refractivity contribution in [3.63, 3.8) is 0 Å². The van der Waals surface area contributed by atoms with Gasteiger partial charge >= 0.3 is 0 Å². The van der Waals surface area contributed by atoms with E-state index in [1.165, 1.54) is 19.4 Å². The van der Waals surface area contributed by atoms with E-state index in [2.05, 4.69) is 10.1 Å². The molecule has 0 aromatic rings. The van der Waals surface area contributed by atoms with Gasteiger partial charge < -0.3 is 10.1 Å². The van der Waals surface area contributed by atoms with Crippen LogP contribution in [0.2, 0.25) is 0 Å². The Hall–Kier alpha value is -0.570. The Balaban J connectivity index is 1.95. The topological polar surface area (TPSA) is 35.8 Å². The first-order valence-corrected chi connectivity index (χ1v) is 4.81. The van der Waals surface area contributed by atoms with Crippen LogP contribution in [0.4, 0.5) is 0 Å². The minimum absolute atomic E-state index is 0.584. The van der Waals surface area contributed by atoms with E-state index >= 15 is 0 Å². The zero-order valence-corrected chi connectivity index (χ0v) is 7.11. The van der Waals surface area contributed by atoms with Crippen LogP contribution in [0.25, 0.3) is 0 Å². The average Bonchev–Trinajstić information content (AvgIpc) is 2.02. The number of rotatable bonds is 0. The molecule has 66 valence electrons. The fraction of sp³-hybridized carbons (Fsp3) is 0.889. The predicted octanol–water partition coefficient (Wildman–Crippen LogP) is 0.788. The minimum atomic E-state index is 0.584. The molecule has 3 nitrogen and oxygen atoms in total. The van der Waals surface area contributed by atoms with Crippen LogP contribution in [-0.2, 0) is 0 Å². The quantitative estimate of drug-likeness (QED) is 0.426. The normalized spacial score (nSPS) is 49.8. The monoisotopic (exact) mass is 166 g/mol. The maximum atomic E-state index is 8.87. The van der Waals surface area contributed by atoms with E-state index in [1.54, 1.807) is 0 Å². The first-order valence-electron chi connectivity index (χ1n) is 4.81. The first-order chi connectivity index (χ1) is 5.86. The summed E-state index contributed by atoms with van der Waals surface area (Å²) in [5.41, 5.74) is 1.10. The lowest BCUT2D eigenvalue weighted by atomic mass is 9.67. The van der Waals surface area contributed by atoms with Crippen LogP contribution < -0.4 is 0 Å². The highest BCUT2D eigenvalue weighted by Crippen LogP contribution is 2.41. The van der Waals surface area contributed by atoms with Crippen molar-refractivity contribution in [1.82, 2.24) is 4.90 Å². The summed E-state index contributed by atoms with van der Waals surface area (Å²) in [5.74, 6) is 2.07. The molecule has 2 unspecified atom stereocenters. The van der Waals surface area contributed by atoms with Gasteiger partial charge in [0.1, 0.15) is 0 Å². The summed E-state index contributed by atoms with van der Waals surface area (Å²) in [4.78, 5) is 2.53. The Labute approximate surface area is 72.0 Å². The third-order valence-corrected chi connectivity index (χ3v) is 3.66. The molecule has 1 aliphatic carbocycles. The summed E-state index contributed by atoms with van der Waals surface area (Å²) >= 11 is 0. The van der Waals surface area contributed by atoms with E-state index in [0.29, 0.717) is 11.8 Å². The van der Waals surface area contributed by atoms with Crippen LogP contribution in [0.3, 0.4) is 0 Å². The standard InChI is InChI=1S/C9H14N2O/c12-10-9-7-1-6-2-8(9)5-11(3-6)4-7/h6-8,12H,1-5H2. The molecule has 4 aliphatic rings. The third kappa shape index (κ3) is 0.774. The molecule has 0 aromatic carbocycles. The largest absolute Gasteiger partial charge is 0.411 e. The molecular weight excluding hydrogens is 152 g/mol. The lowest BCUT2D eigenvalue weighted by Crippen LogP contribution is -2.58. The van der Waals surface area contributed by atoms with Gasteiger partial charge in [-0.25, -0.2) is 0 Å². The second kappa shape index (κ2) is 2.22. The number of oxime groups is 1. The third-order valence-electron chi connectivity index (χ3n) is 3.66. The van der Waals surface area contributed by atoms with Gasteiger partial charge in [0.2, 0.25) is 0 Å². The summed E-state index contributed by atoms with van der Waals surface area (Å²) in [5, 5.41) is 12.3. The molecule has 4 bridgehead atoms. The number of piperidine rings is 3. The van der Waals surface area contributed by atoms with Crippen LogP contribution in [0.5, 0.6) is 0 Å². The summed E-state index contributed by atoms with van der Waals surface area (Å²) in [7, 11) is 0. The van der Waals surface area contributed by atoms with Crippen molar-refractivity contribution >= 4 is 5.71 Å². The van der Waals surface area contributed by atoms with Gasteiger partial charge in [0.05, 0.1) is 5.71 Å². The molecule has 0 amide bonds. The van der Waals surface area contributed by atoms with Gasteiger partial charge in [-0.2, -0.15) is 0 Å². The molecule has 0 radical (unpaired) electrons. The van der Waals surface area contributed by atoms with Gasteiger partial charge in [0.25, 0.3) is 0 Å². The van der Waals surface area contributed by atoms with Crippen LogP contribution in [-0.4, -0.2) is 35.5 Å². The Morgan fingerprint density at radius 2 is 1.83 bits per heavy atom. The van der Waals surface area contributed by atoms with E-state index < -0.39 is 0 Å². The van der Waals surface area contributed by atoms with E-state index in [1.807, 2.05) is 0 Å². The molecule has 12 heavy (non-hydrogen) atoms. The Morgan fingerprint density at radius 1 is 1.17 bits per heavy atom. The molecule has 4 fully saturated rings. The van der Waals surface area contributed by atoms with Crippen molar-refractivity contribution < 1.29 is 5.21 Å². The second-order valence-electron chi connectivity index (χ2n) is 4.47. The van der Waals surface area contributed by atoms with Crippen molar-refractivity contribution in [3.05, 3.63) is 0 Å². The maximum Gasteiger partial charge on any atom is 0.0658 e. The maximum absolute atomic E-state index is 8.87. The number of nitrogens with zero attached hydrogens (tertiary/aromatic N) is 2. The van der Waals surface area contributed by atoms with Gasteiger partial charge in [0.15, 0.2) is 0 Å². The highest BCUT2D eigenvalue weighted by atomic mass is 16.4. The molecule has 1 saturated carbocycles. The molecule has 2 atom stereocenters. The molecule has 3 heteroatoms. The zero-order chi connectivity index (χ0) is 8.13. The lowest BCUT2D eigenvalue weighted by molar-refractivity contribution is 0.0534. The molecule has 0 aromatic heterocycles. The van der Waals surface area contributed by atoms with Crippen molar-refractivity contribution in [2.75, 3.05) is 19.6 Å². The zero-order valence-electron chi connectivity index (χ0n) is 7.11.